The van der Waals surface area contributed by atoms with E-state index < -0.39 is 0 Å². The van der Waals surface area contributed by atoms with E-state index in [1.807, 2.05) is 17.5 Å². The average molecular weight is 287 g/mol. The van der Waals surface area contributed by atoms with Crippen molar-refractivity contribution in [2.45, 2.75) is 13.3 Å². The molecule has 0 aliphatic carbocycles. The number of thiophene rings is 1. The Kier molecular flexibility index (Phi) is 2.14. The lowest BCUT2D eigenvalue weighted by Gasteiger charge is -2.09. The molecule has 0 spiro atoms. The summed E-state index contributed by atoms with van der Waals surface area (Å²) in [6.07, 6.45) is 3.01. The number of aromatic nitrogens is 1. The van der Waals surface area contributed by atoms with Gasteiger partial charge in [-0.05, 0) is 34.9 Å². The largest absolute Gasteiger partial charge is 0.255 e. The zero-order valence-corrected chi connectivity index (χ0v) is 12.5. The molecule has 1 nitrogen and oxygen atoms in total. The maximum atomic E-state index is 4.70. The van der Waals surface area contributed by atoms with Crippen molar-refractivity contribution in [1.29, 1.82) is 0 Å². The van der Waals surface area contributed by atoms with Crippen LogP contribution in [0.25, 0.3) is 41.8 Å². The molecule has 0 atom stereocenters. The lowest BCUT2D eigenvalue weighted by atomic mass is 9.95. The molecule has 2 aromatic heterocycles. The molecule has 0 aliphatic rings. The molecule has 21 heavy (non-hydrogen) atoms. The van der Waals surface area contributed by atoms with Gasteiger partial charge in [-0.2, -0.15) is 0 Å². The molecule has 2 heteroatoms. The number of hydrogen-bond acceptors (Lipinski definition) is 2. The van der Waals surface area contributed by atoms with Gasteiger partial charge in [0.1, 0.15) is 0 Å². The Bertz CT molecular complexity index is 1120. The third-order valence-corrected chi connectivity index (χ3v) is 5.57. The van der Waals surface area contributed by atoms with E-state index in [9.17, 15) is 0 Å². The molecule has 100 valence electrons. The van der Waals surface area contributed by atoms with Gasteiger partial charge in [0.2, 0.25) is 0 Å². The Labute approximate surface area is 126 Å². The quantitative estimate of drug-likeness (QED) is 0.357. The van der Waals surface area contributed by atoms with Crippen LogP contribution in [0.15, 0.2) is 48.7 Å². The van der Waals surface area contributed by atoms with E-state index in [0.717, 1.165) is 11.9 Å². The number of benzene rings is 3. The summed E-state index contributed by atoms with van der Waals surface area (Å²) in [6.45, 7) is 2.21. The lowest BCUT2D eigenvalue weighted by Crippen LogP contribution is -1.86. The van der Waals surface area contributed by atoms with E-state index in [-0.39, 0.29) is 0 Å². The smallest absolute Gasteiger partial charge is 0.0801 e. The Balaban J connectivity index is 2.21. The molecule has 0 saturated heterocycles. The van der Waals surface area contributed by atoms with Gasteiger partial charge in [-0.15, -0.1) is 11.3 Å². The molecule has 0 bridgehead atoms. The molecule has 0 radical (unpaired) electrons. The molecule has 5 rings (SSSR count). The van der Waals surface area contributed by atoms with E-state index in [1.165, 1.54) is 41.9 Å². The molecule has 3 aromatic carbocycles. The Hall–Kier alpha value is -2.19. The summed E-state index contributed by atoms with van der Waals surface area (Å²) in [5, 5.41) is 6.71. The van der Waals surface area contributed by atoms with Crippen molar-refractivity contribution in [1.82, 2.24) is 4.98 Å². The van der Waals surface area contributed by atoms with Crippen LogP contribution in [0.2, 0.25) is 0 Å². The van der Waals surface area contributed by atoms with Crippen LogP contribution in [-0.2, 0) is 6.42 Å². The highest BCUT2D eigenvalue weighted by molar-refractivity contribution is 7.26. The van der Waals surface area contributed by atoms with Gasteiger partial charge in [0.15, 0.2) is 0 Å². The lowest BCUT2D eigenvalue weighted by molar-refractivity contribution is 1.15. The fourth-order valence-electron chi connectivity index (χ4n) is 3.43. The maximum Gasteiger partial charge on any atom is 0.0801 e. The summed E-state index contributed by atoms with van der Waals surface area (Å²) in [7, 11) is 0. The van der Waals surface area contributed by atoms with Gasteiger partial charge in [-0.3, -0.25) is 4.98 Å². The minimum Gasteiger partial charge on any atom is -0.255 e. The number of hydrogen-bond donors (Lipinski definition) is 0. The van der Waals surface area contributed by atoms with Crippen molar-refractivity contribution in [2.24, 2.45) is 0 Å². The summed E-state index contributed by atoms with van der Waals surface area (Å²) < 4.78 is 2.71. The number of aryl methyl sites for hydroxylation is 1. The van der Waals surface area contributed by atoms with Crippen LogP contribution in [0, 0.1) is 0 Å². The van der Waals surface area contributed by atoms with Crippen LogP contribution < -0.4 is 0 Å². The van der Waals surface area contributed by atoms with Crippen LogP contribution in [0.1, 0.15) is 12.5 Å². The fourth-order valence-corrected chi connectivity index (χ4v) is 4.56. The average Bonchev–Trinajstić information content (AvgIpc) is 2.93. The van der Waals surface area contributed by atoms with Crippen molar-refractivity contribution in [3.63, 3.8) is 0 Å². The number of fused-ring (bicyclic) bond motifs is 3. The Morgan fingerprint density at radius 1 is 0.905 bits per heavy atom. The van der Waals surface area contributed by atoms with Gasteiger partial charge in [-0.1, -0.05) is 37.3 Å². The SMILES string of the molecule is CCc1ccc2c(c1)c1cccc3sc4ccnc2c4c31. The van der Waals surface area contributed by atoms with E-state index >= 15 is 0 Å². The number of pyridine rings is 1. The summed E-state index contributed by atoms with van der Waals surface area (Å²) in [5.41, 5.74) is 2.53. The summed E-state index contributed by atoms with van der Waals surface area (Å²) >= 11 is 1.87. The molecule has 2 heterocycles. The van der Waals surface area contributed by atoms with Crippen molar-refractivity contribution in [2.75, 3.05) is 0 Å². The van der Waals surface area contributed by atoms with E-state index in [0.29, 0.717) is 0 Å². The fraction of sp³-hybridized carbons (Fsp3) is 0.105. The third kappa shape index (κ3) is 1.38. The molecule has 5 aromatic rings. The highest BCUT2D eigenvalue weighted by atomic mass is 32.1. The molecule has 0 unspecified atom stereocenters. The van der Waals surface area contributed by atoms with Crippen LogP contribution in [0.3, 0.4) is 0 Å². The molecule has 0 fully saturated rings. The molecular formula is C19H13NS. The summed E-state index contributed by atoms with van der Waals surface area (Å²) in [6, 6.07) is 15.6. The number of nitrogens with zero attached hydrogens (tertiary/aromatic N) is 1. The van der Waals surface area contributed by atoms with Gasteiger partial charge in [0, 0.05) is 31.8 Å². The van der Waals surface area contributed by atoms with Crippen LogP contribution >= 0.6 is 11.3 Å². The Morgan fingerprint density at radius 3 is 2.71 bits per heavy atom. The van der Waals surface area contributed by atoms with E-state index in [4.69, 9.17) is 4.98 Å². The van der Waals surface area contributed by atoms with Crippen molar-refractivity contribution in [3.8, 4) is 0 Å². The molecule has 0 N–H and O–H groups in total. The van der Waals surface area contributed by atoms with E-state index in [1.54, 1.807) is 0 Å². The maximum absolute atomic E-state index is 4.70. The second kappa shape index (κ2) is 3.92. The first-order valence-electron chi connectivity index (χ1n) is 7.30. The highest BCUT2D eigenvalue weighted by Crippen LogP contribution is 2.43. The van der Waals surface area contributed by atoms with Gasteiger partial charge < -0.3 is 0 Å². The first kappa shape index (κ1) is 11.5. The topological polar surface area (TPSA) is 12.9 Å². The van der Waals surface area contributed by atoms with Crippen LogP contribution in [0.5, 0.6) is 0 Å². The predicted molar refractivity (Wildman–Crippen MR) is 92.7 cm³/mol. The minimum atomic E-state index is 1.07. The second-order valence-corrected chi connectivity index (χ2v) is 6.63. The van der Waals surface area contributed by atoms with Crippen molar-refractivity contribution < 1.29 is 0 Å². The first-order chi connectivity index (χ1) is 10.4. The number of rotatable bonds is 1. The van der Waals surface area contributed by atoms with Gasteiger partial charge in [0.25, 0.3) is 0 Å². The molecule has 0 aliphatic heterocycles. The Morgan fingerprint density at radius 2 is 1.81 bits per heavy atom. The van der Waals surface area contributed by atoms with Crippen molar-refractivity contribution in [3.05, 3.63) is 54.2 Å². The molecular weight excluding hydrogens is 274 g/mol. The van der Waals surface area contributed by atoms with Gasteiger partial charge >= 0.3 is 0 Å². The summed E-state index contributed by atoms with van der Waals surface area (Å²) in [4.78, 5) is 4.70. The standard InChI is InChI=1S/C19H13NS/c1-2-11-6-7-13-14(10-11)12-4-3-5-15-17(12)18-16(21-15)8-9-20-19(13)18/h3-10H,2H2,1H3. The van der Waals surface area contributed by atoms with Crippen LogP contribution in [0.4, 0.5) is 0 Å². The zero-order chi connectivity index (χ0) is 14.0. The molecule has 0 amide bonds. The van der Waals surface area contributed by atoms with Gasteiger partial charge in [-0.25, -0.2) is 0 Å². The predicted octanol–water partition coefficient (Wildman–Crippen LogP) is 5.76. The monoisotopic (exact) mass is 287 g/mol. The second-order valence-electron chi connectivity index (χ2n) is 5.55. The normalized spacial score (nSPS) is 12.2. The molecule has 0 saturated carbocycles. The highest BCUT2D eigenvalue weighted by Gasteiger charge is 2.15. The van der Waals surface area contributed by atoms with Crippen molar-refractivity contribution >= 4 is 53.2 Å². The first-order valence-corrected chi connectivity index (χ1v) is 8.12. The zero-order valence-electron chi connectivity index (χ0n) is 11.7. The van der Waals surface area contributed by atoms with E-state index in [2.05, 4.69) is 49.4 Å². The third-order valence-electron chi connectivity index (χ3n) is 4.45. The summed E-state index contributed by atoms with van der Waals surface area (Å²) in [5.74, 6) is 0. The van der Waals surface area contributed by atoms with Crippen LogP contribution in [-0.4, -0.2) is 4.98 Å². The minimum absolute atomic E-state index is 1.07. The van der Waals surface area contributed by atoms with Gasteiger partial charge in [0.05, 0.1) is 5.52 Å².